The molecular weight excluding hydrogens is 426 g/mol. The molecule has 6 rings (SSSR count). The van der Waals surface area contributed by atoms with Crippen molar-refractivity contribution in [1.29, 1.82) is 0 Å². The Morgan fingerprint density at radius 2 is 1.47 bits per heavy atom. The normalized spacial score (nSPS) is 25.1. The van der Waals surface area contributed by atoms with E-state index in [2.05, 4.69) is 36.4 Å². The van der Waals surface area contributed by atoms with Crippen LogP contribution in [0.25, 0.3) is 11.1 Å². The molecule has 2 aliphatic heterocycles. The summed E-state index contributed by atoms with van der Waals surface area (Å²) in [5.74, 6) is 0.821. The van der Waals surface area contributed by atoms with E-state index < -0.39 is 5.60 Å². The Hall–Kier alpha value is -3.31. The first kappa shape index (κ1) is 21.2. The monoisotopic (exact) mass is 455 g/mol. The zero-order valence-corrected chi connectivity index (χ0v) is 19.3. The summed E-state index contributed by atoms with van der Waals surface area (Å²) in [7, 11) is 1.64. The highest BCUT2D eigenvalue weighted by Gasteiger charge is 2.50. The lowest BCUT2D eigenvalue weighted by atomic mass is 9.80. The molecule has 2 saturated heterocycles. The number of amides is 1. The number of carbonyl (C=O) groups is 1. The molecule has 2 unspecified atom stereocenters. The Morgan fingerprint density at radius 3 is 2.03 bits per heavy atom. The van der Waals surface area contributed by atoms with E-state index in [0.717, 1.165) is 24.2 Å². The summed E-state index contributed by atoms with van der Waals surface area (Å²) in [6.45, 7) is 0.325. The maximum absolute atomic E-state index is 13.3. The number of fused-ring (bicyclic) bond motifs is 5. The van der Waals surface area contributed by atoms with Gasteiger partial charge in [0.2, 0.25) is 0 Å². The molecule has 174 valence electrons. The third kappa shape index (κ3) is 3.38. The Kier molecular flexibility index (Phi) is 5.10. The first-order valence-corrected chi connectivity index (χ1v) is 12.1. The number of methoxy groups -OCH3 is 1. The van der Waals surface area contributed by atoms with E-state index in [4.69, 9.17) is 9.47 Å². The molecule has 0 radical (unpaired) electrons. The minimum atomic E-state index is -0.932. The van der Waals surface area contributed by atoms with Gasteiger partial charge in [-0.15, -0.1) is 0 Å². The largest absolute Gasteiger partial charge is 0.497 e. The summed E-state index contributed by atoms with van der Waals surface area (Å²) >= 11 is 0. The number of nitrogens with zero attached hydrogens (tertiary/aromatic N) is 1. The lowest BCUT2D eigenvalue weighted by molar-refractivity contribution is -0.0531. The van der Waals surface area contributed by atoms with Crippen molar-refractivity contribution in [2.24, 2.45) is 0 Å². The molecule has 3 aromatic rings. The molecule has 1 amide bonds. The lowest BCUT2D eigenvalue weighted by Crippen LogP contribution is -2.52. The van der Waals surface area contributed by atoms with Crippen molar-refractivity contribution in [1.82, 2.24) is 4.90 Å². The molecular formula is C29H29NO4. The number of aliphatic hydroxyl groups is 1. The van der Waals surface area contributed by atoms with Gasteiger partial charge in [0.15, 0.2) is 0 Å². The Morgan fingerprint density at radius 1 is 0.912 bits per heavy atom. The van der Waals surface area contributed by atoms with Gasteiger partial charge >= 0.3 is 6.09 Å². The number of hydrogen-bond acceptors (Lipinski definition) is 4. The molecule has 0 saturated carbocycles. The standard InChI is InChI=1S/C29H29NO4/c1-33-22-14-10-19(11-15-22)29(32)16-20-12-13-21(17-29)30(20)28(31)34-18-27-25-8-4-2-6-23(25)24-7-3-5-9-26(24)27/h2-11,14-15,20-21,27,32H,12-13,16-18H2,1H3. The lowest BCUT2D eigenvalue weighted by Gasteiger charge is -2.43. The molecule has 5 heteroatoms. The van der Waals surface area contributed by atoms with Gasteiger partial charge in [-0.25, -0.2) is 4.79 Å². The third-order valence-electron chi connectivity index (χ3n) is 7.94. The van der Waals surface area contributed by atoms with E-state index in [1.165, 1.54) is 22.3 Å². The number of benzene rings is 3. The fraction of sp³-hybridized carbons (Fsp3) is 0.345. The highest BCUT2D eigenvalue weighted by Crippen LogP contribution is 2.47. The van der Waals surface area contributed by atoms with Crippen molar-refractivity contribution in [3.63, 3.8) is 0 Å². The zero-order valence-electron chi connectivity index (χ0n) is 19.3. The fourth-order valence-electron chi connectivity index (χ4n) is 6.33. The van der Waals surface area contributed by atoms with Crippen LogP contribution in [0.3, 0.4) is 0 Å². The van der Waals surface area contributed by atoms with Gasteiger partial charge in [0, 0.05) is 30.8 Å². The van der Waals surface area contributed by atoms with Gasteiger partial charge in [-0.2, -0.15) is 0 Å². The summed E-state index contributed by atoms with van der Waals surface area (Å²) < 4.78 is 11.2. The van der Waals surface area contributed by atoms with E-state index >= 15 is 0 Å². The molecule has 3 aromatic carbocycles. The second kappa shape index (κ2) is 8.17. The van der Waals surface area contributed by atoms with Gasteiger partial charge in [-0.3, -0.25) is 0 Å². The van der Waals surface area contributed by atoms with Crippen LogP contribution in [0.4, 0.5) is 4.79 Å². The summed E-state index contributed by atoms with van der Waals surface area (Å²) in [5.41, 5.74) is 4.83. The summed E-state index contributed by atoms with van der Waals surface area (Å²) in [4.78, 5) is 15.2. The van der Waals surface area contributed by atoms with Crippen LogP contribution in [0.1, 0.15) is 48.3 Å². The van der Waals surface area contributed by atoms with E-state index in [1.807, 2.05) is 41.3 Å². The van der Waals surface area contributed by atoms with E-state index in [9.17, 15) is 9.90 Å². The Balaban J connectivity index is 1.17. The number of rotatable bonds is 4. The van der Waals surface area contributed by atoms with Crippen molar-refractivity contribution in [3.05, 3.63) is 89.5 Å². The second-order valence-electron chi connectivity index (χ2n) is 9.76. The van der Waals surface area contributed by atoms with E-state index in [-0.39, 0.29) is 24.1 Å². The number of hydrogen-bond donors (Lipinski definition) is 1. The second-order valence-corrected chi connectivity index (χ2v) is 9.76. The Bertz CT molecular complexity index is 1160. The average molecular weight is 456 g/mol. The van der Waals surface area contributed by atoms with Gasteiger partial charge in [0.25, 0.3) is 0 Å². The van der Waals surface area contributed by atoms with Crippen molar-refractivity contribution in [2.75, 3.05) is 13.7 Å². The fourth-order valence-corrected chi connectivity index (χ4v) is 6.33. The zero-order chi connectivity index (χ0) is 23.3. The molecule has 34 heavy (non-hydrogen) atoms. The Labute approximate surface area is 199 Å². The summed E-state index contributed by atoms with van der Waals surface area (Å²) in [6, 6.07) is 24.3. The molecule has 3 aliphatic rings. The molecule has 2 bridgehead atoms. The summed E-state index contributed by atoms with van der Waals surface area (Å²) in [5, 5.41) is 11.5. The van der Waals surface area contributed by atoms with Crippen molar-refractivity contribution in [2.45, 2.75) is 49.3 Å². The molecule has 2 fully saturated rings. The smallest absolute Gasteiger partial charge is 0.410 e. The van der Waals surface area contributed by atoms with Gasteiger partial charge in [0.05, 0.1) is 12.7 Å². The van der Waals surface area contributed by atoms with Crippen molar-refractivity contribution >= 4 is 6.09 Å². The van der Waals surface area contributed by atoms with Crippen LogP contribution in [-0.4, -0.2) is 41.9 Å². The van der Waals surface area contributed by atoms with Gasteiger partial charge < -0.3 is 19.5 Å². The first-order valence-electron chi connectivity index (χ1n) is 12.1. The molecule has 1 aliphatic carbocycles. The van der Waals surface area contributed by atoms with Gasteiger partial charge in [0.1, 0.15) is 12.4 Å². The van der Waals surface area contributed by atoms with E-state index in [1.54, 1.807) is 7.11 Å². The minimum Gasteiger partial charge on any atom is -0.497 e. The van der Waals surface area contributed by atoms with Gasteiger partial charge in [-0.05, 0) is 52.8 Å². The highest BCUT2D eigenvalue weighted by atomic mass is 16.6. The van der Waals surface area contributed by atoms with Crippen LogP contribution >= 0.6 is 0 Å². The van der Waals surface area contributed by atoms with Crippen molar-refractivity contribution in [3.8, 4) is 16.9 Å². The van der Waals surface area contributed by atoms with Crippen LogP contribution in [-0.2, 0) is 10.3 Å². The molecule has 5 nitrogen and oxygen atoms in total. The topological polar surface area (TPSA) is 59.0 Å². The number of piperidine rings is 1. The third-order valence-corrected chi connectivity index (χ3v) is 7.94. The number of ether oxygens (including phenoxy) is 2. The maximum Gasteiger partial charge on any atom is 0.410 e. The quantitative estimate of drug-likeness (QED) is 0.568. The summed E-state index contributed by atoms with van der Waals surface area (Å²) in [6.07, 6.45) is 2.59. The molecule has 1 N–H and O–H groups in total. The molecule has 0 spiro atoms. The maximum atomic E-state index is 13.3. The predicted molar refractivity (Wildman–Crippen MR) is 130 cm³/mol. The highest BCUT2D eigenvalue weighted by molar-refractivity contribution is 5.79. The van der Waals surface area contributed by atoms with Crippen LogP contribution in [0.2, 0.25) is 0 Å². The minimum absolute atomic E-state index is 0.0125. The van der Waals surface area contributed by atoms with Crippen molar-refractivity contribution < 1.29 is 19.4 Å². The predicted octanol–water partition coefficient (Wildman–Crippen LogP) is 5.46. The molecule has 2 atom stereocenters. The molecule has 0 aromatic heterocycles. The van der Waals surface area contributed by atoms with Gasteiger partial charge in [-0.1, -0.05) is 60.7 Å². The van der Waals surface area contributed by atoms with Crippen LogP contribution < -0.4 is 4.74 Å². The van der Waals surface area contributed by atoms with E-state index in [0.29, 0.717) is 19.4 Å². The van der Waals surface area contributed by atoms with Crippen LogP contribution in [0.15, 0.2) is 72.8 Å². The number of carbonyl (C=O) groups excluding carboxylic acids is 1. The average Bonchev–Trinajstić information content (AvgIpc) is 3.34. The van der Waals surface area contributed by atoms with Crippen LogP contribution in [0, 0.1) is 0 Å². The van der Waals surface area contributed by atoms with Crippen LogP contribution in [0.5, 0.6) is 5.75 Å². The first-order chi connectivity index (χ1) is 16.6. The molecule has 2 heterocycles. The SMILES string of the molecule is COc1ccc(C2(O)CC3CCC(C2)N3C(=O)OCC2c3ccccc3-c3ccccc32)cc1.